The summed E-state index contributed by atoms with van der Waals surface area (Å²) < 4.78 is 1.97. The number of carboxylic acids is 1. The van der Waals surface area contributed by atoms with Crippen LogP contribution in [0.1, 0.15) is 30.8 Å². The Morgan fingerprint density at radius 3 is 2.57 bits per heavy atom. The summed E-state index contributed by atoms with van der Waals surface area (Å²) in [6.45, 7) is 4.67. The van der Waals surface area contributed by atoms with Gasteiger partial charge in [-0.1, -0.05) is 25.1 Å². The Morgan fingerprint density at radius 1 is 1.24 bits per heavy atom. The Balaban J connectivity index is 2.46. The molecule has 0 aliphatic heterocycles. The number of likely N-dealkylation sites (N-methyl/N-ethyl adjacent to an activating group) is 1. The molecule has 112 valence electrons. The van der Waals surface area contributed by atoms with Gasteiger partial charge in [0, 0.05) is 24.0 Å². The molecule has 0 atom stereocenters. The normalized spacial score (nSPS) is 10.8. The van der Waals surface area contributed by atoms with Gasteiger partial charge in [0.15, 0.2) is 0 Å². The number of benzene rings is 1. The van der Waals surface area contributed by atoms with Crippen LogP contribution in [0.15, 0.2) is 30.3 Å². The first-order valence-corrected chi connectivity index (χ1v) is 7.17. The van der Waals surface area contributed by atoms with Crippen LogP contribution in [0.4, 0.5) is 0 Å². The van der Waals surface area contributed by atoms with Crippen LogP contribution < -0.4 is 0 Å². The molecule has 0 aliphatic carbocycles. The lowest BCUT2D eigenvalue weighted by molar-refractivity contribution is -0.137. The van der Waals surface area contributed by atoms with Crippen LogP contribution in [0, 0.1) is 0 Å². The lowest BCUT2D eigenvalue weighted by Crippen LogP contribution is -2.36. The standard InChI is InChI=1S/C16H20N2O3/c1-3-9-18-13-8-6-5-7-12(13)10-14(18)16(21)17(4-2)11-15(19)20/h5-8,10H,3-4,9,11H2,1-2H3,(H,19,20). The smallest absolute Gasteiger partial charge is 0.323 e. The van der Waals surface area contributed by atoms with Crippen molar-refractivity contribution < 1.29 is 14.7 Å². The number of carbonyl (C=O) groups excluding carboxylic acids is 1. The Hall–Kier alpha value is -2.30. The van der Waals surface area contributed by atoms with Crippen LogP contribution in [0.2, 0.25) is 0 Å². The van der Waals surface area contributed by atoms with Gasteiger partial charge in [-0.25, -0.2) is 0 Å². The van der Waals surface area contributed by atoms with E-state index < -0.39 is 5.97 Å². The molecule has 5 nitrogen and oxygen atoms in total. The lowest BCUT2D eigenvalue weighted by Gasteiger charge is -2.19. The number of hydrogen-bond acceptors (Lipinski definition) is 2. The zero-order valence-corrected chi connectivity index (χ0v) is 12.4. The van der Waals surface area contributed by atoms with Crippen molar-refractivity contribution in [3.63, 3.8) is 0 Å². The van der Waals surface area contributed by atoms with Crippen molar-refractivity contribution in [2.45, 2.75) is 26.8 Å². The van der Waals surface area contributed by atoms with Crippen molar-refractivity contribution in [2.75, 3.05) is 13.1 Å². The maximum absolute atomic E-state index is 12.6. The van der Waals surface area contributed by atoms with E-state index >= 15 is 0 Å². The summed E-state index contributed by atoms with van der Waals surface area (Å²) in [5.74, 6) is -1.23. The molecule has 1 N–H and O–H groups in total. The van der Waals surface area contributed by atoms with E-state index in [0.29, 0.717) is 12.2 Å². The minimum atomic E-state index is -0.997. The number of rotatable bonds is 6. The Morgan fingerprint density at radius 2 is 1.95 bits per heavy atom. The SMILES string of the molecule is CCCn1c(C(=O)N(CC)CC(=O)O)cc2ccccc21. The highest BCUT2D eigenvalue weighted by Crippen LogP contribution is 2.21. The highest BCUT2D eigenvalue weighted by Gasteiger charge is 2.21. The van der Waals surface area contributed by atoms with Crippen LogP contribution in [0.3, 0.4) is 0 Å². The zero-order chi connectivity index (χ0) is 15.4. The van der Waals surface area contributed by atoms with E-state index in [1.807, 2.05) is 34.9 Å². The molecule has 0 fully saturated rings. The summed E-state index contributed by atoms with van der Waals surface area (Å²) in [5, 5.41) is 9.92. The average molecular weight is 288 g/mol. The van der Waals surface area contributed by atoms with E-state index in [0.717, 1.165) is 23.9 Å². The molecule has 21 heavy (non-hydrogen) atoms. The third kappa shape index (κ3) is 3.07. The molecule has 1 heterocycles. The third-order valence-corrected chi connectivity index (χ3v) is 3.47. The summed E-state index contributed by atoms with van der Waals surface area (Å²) in [5.41, 5.74) is 1.57. The number of fused-ring (bicyclic) bond motifs is 1. The van der Waals surface area contributed by atoms with Crippen molar-refractivity contribution in [2.24, 2.45) is 0 Å². The van der Waals surface area contributed by atoms with Crippen LogP contribution in [-0.4, -0.2) is 39.5 Å². The fraction of sp³-hybridized carbons (Fsp3) is 0.375. The molecule has 1 aromatic heterocycles. The molecule has 2 rings (SSSR count). The predicted octanol–water partition coefficient (Wildman–Crippen LogP) is 2.60. The van der Waals surface area contributed by atoms with Crippen LogP contribution in [-0.2, 0) is 11.3 Å². The number of aromatic nitrogens is 1. The van der Waals surface area contributed by atoms with E-state index in [1.54, 1.807) is 6.92 Å². The highest BCUT2D eigenvalue weighted by atomic mass is 16.4. The fourth-order valence-corrected chi connectivity index (χ4v) is 2.50. The summed E-state index contributed by atoms with van der Waals surface area (Å²) in [7, 11) is 0. The molecular formula is C16H20N2O3. The number of para-hydroxylation sites is 1. The van der Waals surface area contributed by atoms with Gasteiger partial charge in [0.25, 0.3) is 5.91 Å². The molecule has 2 aromatic rings. The first-order valence-electron chi connectivity index (χ1n) is 7.17. The number of aliphatic carboxylic acids is 1. The third-order valence-electron chi connectivity index (χ3n) is 3.47. The van der Waals surface area contributed by atoms with Crippen molar-refractivity contribution in [1.29, 1.82) is 0 Å². The maximum atomic E-state index is 12.6. The van der Waals surface area contributed by atoms with Gasteiger partial charge in [0.1, 0.15) is 12.2 Å². The number of carboxylic acid groups (broad SMARTS) is 1. The quantitative estimate of drug-likeness (QED) is 0.888. The molecule has 0 unspecified atom stereocenters. The second-order valence-electron chi connectivity index (χ2n) is 4.95. The van der Waals surface area contributed by atoms with Gasteiger partial charge in [0.2, 0.25) is 0 Å². The average Bonchev–Trinajstić information content (AvgIpc) is 2.83. The van der Waals surface area contributed by atoms with Gasteiger partial charge in [-0.3, -0.25) is 9.59 Å². The molecular weight excluding hydrogens is 268 g/mol. The number of amides is 1. The molecule has 0 spiro atoms. The Kier molecular flexibility index (Phi) is 4.62. The minimum Gasteiger partial charge on any atom is -0.480 e. The van der Waals surface area contributed by atoms with Gasteiger partial charge in [-0.05, 0) is 25.5 Å². The molecule has 1 amide bonds. The van der Waals surface area contributed by atoms with Gasteiger partial charge >= 0.3 is 5.97 Å². The first kappa shape index (κ1) is 15.1. The van der Waals surface area contributed by atoms with Crippen molar-refractivity contribution >= 4 is 22.8 Å². The van der Waals surface area contributed by atoms with Crippen molar-refractivity contribution in [3.05, 3.63) is 36.0 Å². The number of nitrogens with zero attached hydrogens (tertiary/aromatic N) is 2. The second kappa shape index (κ2) is 6.43. The van der Waals surface area contributed by atoms with Crippen molar-refractivity contribution in [1.82, 2.24) is 9.47 Å². The van der Waals surface area contributed by atoms with Crippen LogP contribution in [0.25, 0.3) is 10.9 Å². The number of aryl methyl sites for hydroxylation is 1. The van der Waals surface area contributed by atoms with E-state index in [-0.39, 0.29) is 12.5 Å². The van der Waals surface area contributed by atoms with E-state index in [9.17, 15) is 9.59 Å². The molecule has 0 aliphatic rings. The molecule has 0 saturated heterocycles. The van der Waals surface area contributed by atoms with Crippen LogP contribution in [0.5, 0.6) is 0 Å². The second-order valence-corrected chi connectivity index (χ2v) is 4.95. The summed E-state index contributed by atoms with van der Waals surface area (Å²) >= 11 is 0. The van der Waals surface area contributed by atoms with Crippen molar-refractivity contribution in [3.8, 4) is 0 Å². The van der Waals surface area contributed by atoms with Gasteiger partial charge in [-0.15, -0.1) is 0 Å². The summed E-state index contributed by atoms with van der Waals surface area (Å²) in [6, 6.07) is 9.66. The summed E-state index contributed by atoms with van der Waals surface area (Å²) in [6.07, 6.45) is 0.907. The zero-order valence-electron chi connectivity index (χ0n) is 12.4. The first-order chi connectivity index (χ1) is 10.1. The van der Waals surface area contributed by atoms with Gasteiger partial charge in [-0.2, -0.15) is 0 Å². The van der Waals surface area contributed by atoms with E-state index in [2.05, 4.69) is 6.92 Å². The van der Waals surface area contributed by atoms with E-state index in [1.165, 1.54) is 4.90 Å². The minimum absolute atomic E-state index is 0.232. The summed E-state index contributed by atoms with van der Waals surface area (Å²) in [4.78, 5) is 24.9. The monoisotopic (exact) mass is 288 g/mol. The fourth-order valence-electron chi connectivity index (χ4n) is 2.50. The number of hydrogen-bond donors (Lipinski definition) is 1. The predicted molar refractivity (Wildman–Crippen MR) is 81.4 cm³/mol. The van der Waals surface area contributed by atoms with Gasteiger partial charge < -0.3 is 14.6 Å². The molecule has 0 saturated carbocycles. The molecule has 5 heteroatoms. The molecule has 0 bridgehead atoms. The van der Waals surface area contributed by atoms with Crippen LogP contribution >= 0.6 is 0 Å². The maximum Gasteiger partial charge on any atom is 0.323 e. The van der Waals surface area contributed by atoms with E-state index in [4.69, 9.17) is 5.11 Å². The highest BCUT2D eigenvalue weighted by molar-refractivity contribution is 5.99. The molecule has 0 radical (unpaired) electrons. The topological polar surface area (TPSA) is 62.5 Å². The number of carbonyl (C=O) groups is 2. The van der Waals surface area contributed by atoms with Gasteiger partial charge in [0.05, 0.1) is 0 Å². The Bertz CT molecular complexity index is 661. The Labute approximate surface area is 123 Å². The lowest BCUT2D eigenvalue weighted by atomic mass is 10.2. The molecule has 1 aromatic carbocycles. The largest absolute Gasteiger partial charge is 0.480 e.